The lowest BCUT2D eigenvalue weighted by atomic mass is 9.95. The summed E-state index contributed by atoms with van der Waals surface area (Å²) >= 11 is 6.07. The third-order valence-corrected chi connectivity index (χ3v) is 5.79. The molecule has 1 unspecified atom stereocenters. The maximum Gasteiger partial charge on any atom is 0.295 e. The molecular formula is C27H25ClN2O4. The van der Waals surface area contributed by atoms with Crippen molar-refractivity contribution in [1.82, 2.24) is 9.88 Å². The van der Waals surface area contributed by atoms with Crippen molar-refractivity contribution in [1.29, 1.82) is 0 Å². The van der Waals surface area contributed by atoms with Crippen molar-refractivity contribution >= 4 is 29.1 Å². The van der Waals surface area contributed by atoms with Crippen molar-refractivity contribution in [2.75, 3.05) is 6.61 Å². The molecule has 1 amide bonds. The highest BCUT2D eigenvalue weighted by molar-refractivity contribution is 6.46. The molecule has 0 bridgehead atoms. The Hall–Kier alpha value is -3.64. The number of benzene rings is 2. The summed E-state index contributed by atoms with van der Waals surface area (Å²) in [5.74, 6) is -0.589. The molecule has 0 spiro atoms. The molecule has 1 aliphatic heterocycles. The van der Waals surface area contributed by atoms with E-state index in [2.05, 4.69) is 18.8 Å². The molecule has 2 aromatic carbocycles. The molecule has 1 aromatic heterocycles. The van der Waals surface area contributed by atoms with Gasteiger partial charge in [0.1, 0.15) is 11.5 Å². The minimum absolute atomic E-state index is 0.0391. The second kappa shape index (κ2) is 10.1. The Morgan fingerprint density at radius 3 is 2.29 bits per heavy atom. The standard InChI is InChI=1S/C27H25ClN2O4/c1-17(2)16-34-22-9-5-20(6-10-22)25(31)23-24(19-3-7-21(28)8-4-19)30(27(33)26(23)32)15-18-11-13-29-14-12-18/h3-14,17,24,31H,15-16H2,1-2H3/b25-23+. The summed E-state index contributed by atoms with van der Waals surface area (Å²) in [5, 5.41) is 11.7. The quantitative estimate of drug-likeness (QED) is 0.281. The Labute approximate surface area is 203 Å². The van der Waals surface area contributed by atoms with Crippen LogP contribution in [-0.2, 0) is 16.1 Å². The Kier molecular flexibility index (Phi) is 6.98. The van der Waals surface area contributed by atoms with Crippen LogP contribution in [0, 0.1) is 5.92 Å². The van der Waals surface area contributed by atoms with Crippen molar-refractivity contribution in [3.05, 3.63) is 100 Å². The van der Waals surface area contributed by atoms with Crippen molar-refractivity contribution in [2.45, 2.75) is 26.4 Å². The first-order chi connectivity index (χ1) is 16.3. The zero-order valence-electron chi connectivity index (χ0n) is 18.9. The first-order valence-electron chi connectivity index (χ1n) is 11.0. The normalized spacial score (nSPS) is 17.4. The first-order valence-corrected chi connectivity index (χ1v) is 11.4. The average Bonchev–Trinajstić information content (AvgIpc) is 3.08. The van der Waals surface area contributed by atoms with Crippen molar-refractivity contribution in [2.24, 2.45) is 5.92 Å². The van der Waals surface area contributed by atoms with E-state index >= 15 is 0 Å². The SMILES string of the molecule is CC(C)COc1ccc(/C(O)=C2\C(=O)C(=O)N(Cc3ccncc3)C2c2ccc(Cl)cc2)cc1. The summed E-state index contributed by atoms with van der Waals surface area (Å²) in [6, 6.07) is 16.6. The Morgan fingerprint density at radius 1 is 1.03 bits per heavy atom. The van der Waals surface area contributed by atoms with Crippen LogP contribution in [0.3, 0.4) is 0 Å². The van der Waals surface area contributed by atoms with Gasteiger partial charge >= 0.3 is 0 Å². The predicted molar refractivity (Wildman–Crippen MR) is 130 cm³/mol. The third kappa shape index (κ3) is 4.97. The van der Waals surface area contributed by atoms with Gasteiger partial charge in [-0.15, -0.1) is 0 Å². The van der Waals surface area contributed by atoms with Gasteiger partial charge in [-0.25, -0.2) is 0 Å². The van der Waals surface area contributed by atoms with E-state index in [4.69, 9.17) is 16.3 Å². The van der Waals surface area contributed by atoms with Crippen molar-refractivity contribution in [3.63, 3.8) is 0 Å². The summed E-state index contributed by atoms with van der Waals surface area (Å²) in [5.41, 5.74) is 1.97. The second-order valence-electron chi connectivity index (χ2n) is 8.56. The van der Waals surface area contributed by atoms with Gasteiger partial charge in [0.25, 0.3) is 11.7 Å². The van der Waals surface area contributed by atoms with E-state index in [0.717, 1.165) is 5.56 Å². The van der Waals surface area contributed by atoms with Gasteiger partial charge in [0.15, 0.2) is 0 Å². The molecule has 1 saturated heterocycles. The van der Waals surface area contributed by atoms with E-state index in [1.165, 1.54) is 4.90 Å². The fourth-order valence-electron chi connectivity index (χ4n) is 3.85. The molecular weight excluding hydrogens is 452 g/mol. The van der Waals surface area contributed by atoms with Gasteiger partial charge in [-0.05, 0) is 65.6 Å². The number of aromatic nitrogens is 1. The van der Waals surface area contributed by atoms with E-state index in [9.17, 15) is 14.7 Å². The zero-order chi connectivity index (χ0) is 24.2. The molecule has 0 saturated carbocycles. The zero-order valence-corrected chi connectivity index (χ0v) is 19.7. The number of aliphatic hydroxyl groups is 1. The van der Waals surface area contributed by atoms with E-state index in [-0.39, 0.29) is 17.9 Å². The van der Waals surface area contributed by atoms with E-state index in [0.29, 0.717) is 34.4 Å². The van der Waals surface area contributed by atoms with Crippen LogP contribution in [0.2, 0.25) is 5.02 Å². The molecule has 174 valence electrons. The summed E-state index contributed by atoms with van der Waals surface area (Å²) in [6.07, 6.45) is 3.26. The summed E-state index contributed by atoms with van der Waals surface area (Å²) in [4.78, 5) is 31.7. The van der Waals surface area contributed by atoms with Gasteiger partial charge in [0.2, 0.25) is 0 Å². The minimum Gasteiger partial charge on any atom is -0.507 e. The average molecular weight is 477 g/mol. The van der Waals surface area contributed by atoms with Gasteiger partial charge in [-0.1, -0.05) is 37.6 Å². The summed E-state index contributed by atoms with van der Waals surface area (Å²) in [6.45, 7) is 4.88. The van der Waals surface area contributed by atoms with Crippen molar-refractivity contribution in [3.8, 4) is 5.75 Å². The molecule has 2 heterocycles. The molecule has 1 N–H and O–H groups in total. The van der Waals surface area contributed by atoms with E-state index in [1.807, 2.05) is 0 Å². The molecule has 1 fully saturated rings. The summed E-state index contributed by atoms with van der Waals surface area (Å²) in [7, 11) is 0. The van der Waals surface area contributed by atoms with Crippen LogP contribution in [0.15, 0.2) is 78.6 Å². The number of pyridine rings is 1. The van der Waals surface area contributed by atoms with Crippen LogP contribution < -0.4 is 4.74 Å². The van der Waals surface area contributed by atoms with E-state index < -0.39 is 17.7 Å². The fourth-order valence-corrected chi connectivity index (χ4v) is 3.97. The number of amides is 1. The molecule has 0 aliphatic carbocycles. The highest BCUT2D eigenvalue weighted by atomic mass is 35.5. The number of aliphatic hydroxyl groups excluding tert-OH is 1. The number of Topliss-reactive ketones (excluding diaryl/α,β-unsaturated/α-hetero) is 1. The van der Waals surface area contributed by atoms with E-state index in [1.54, 1.807) is 73.1 Å². The maximum absolute atomic E-state index is 13.1. The highest BCUT2D eigenvalue weighted by Gasteiger charge is 2.46. The largest absolute Gasteiger partial charge is 0.507 e. The molecule has 1 atom stereocenters. The van der Waals surface area contributed by atoms with Gasteiger partial charge in [-0.3, -0.25) is 14.6 Å². The van der Waals surface area contributed by atoms with Gasteiger partial charge in [0.05, 0.1) is 18.2 Å². The smallest absolute Gasteiger partial charge is 0.295 e. The fraction of sp³-hybridized carbons (Fsp3) is 0.222. The molecule has 1 aliphatic rings. The topological polar surface area (TPSA) is 79.7 Å². The molecule has 4 rings (SSSR count). The maximum atomic E-state index is 13.1. The van der Waals surface area contributed by atoms with Gasteiger partial charge in [-0.2, -0.15) is 0 Å². The number of hydrogen-bond acceptors (Lipinski definition) is 5. The highest BCUT2D eigenvalue weighted by Crippen LogP contribution is 2.40. The first kappa shape index (κ1) is 23.5. The molecule has 34 heavy (non-hydrogen) atoms. The number of nitrogens with zero attached hydrogens (tertiary/aromatic N) is 2. The van der Waals surface area contributed by atoms with Crippen LogP contribution in [0.5, 0.6) is 5.75 Å². The second-order valence-corrected chi connectivity index (χ2v) is 9.00. The van der Waals surface area contributed by atoms with Crippen molar-refractivity contribution < 1.29 is 19.4 Å². The molecule has 0 radical (unpaired) electrons. The summed E-state index contributed by atoms with van der Waals surface area (Å²) < 4.78 is 5.71. The Morgan fingerprint density at radius 2 is 1.68 bits per heavy atom. The van der Waals surface area contributed by atoms with Crippen LogP contribution in [0.25, 0.3) is 5.76 Å². The van der Waals surface area contributed by atoms with Crippen LogP contribution >= 0.6 is 11.6 Å². The molecule has 6 nitrogen and oxygen atoms in total. The minimum atomic E-state index is -0.762. The number of ketones is 1. The molecule has 3 aromatic rings. The lowest BCUT2D eigenvalue weighted by Gasteiger charge is -2.25. The number of carbonyl (C=O) groups is 2. The Balaban J connectivity index is 1.75. The van der Waals surface area contributed by atoms with Gasteiger partial charge < -0.3 is 14.7 Å². The van der Waals surface area contributed by atoms with Crippen LogP contribution in [0.1, 0.15) is 36.6 Å². The van der Waals surface area contributed by atoms with Gasteiger partial charge in [0, 0.05) is 29.5 Å². The number of carbonyl (C=O) groups excluding carboxylic acids is 2. The van der Waals surface area contributed by atoms with Crippen LogP contribution in [-0.4, -0.2) is 33.3 Å². The number of likely N-dealkylation sites (tertiary alicyclic amines) is 1. The lowest BCUT2D eigenvalue weighted by Crippen LogP contribution is -2.29. The number of rotatable bonds is 7. The Bertz CT molecular complexity index is 1210. The molecule has 7 heteroatoms. The number of hydrogen-bond donors (Lipinski definition) is 1. The lowest BCUT2D eigenvalue weighted by molar-refractivity contribution is -0.140. The number of ether oxygens (including phenoxy) is 1. The van der Waals surface area contributed by atoms with Crippen LogP contribution in [0.4, 0.5) is 0 Å². The number of halogens is 1. The third-order valence-electron chi connectivity index (χ3n) is 5.54. The monoisotopic (exact) mass is 476 g/mol. The predicted octanol–water partition coefficient (Wildman–Crippen LogP) is 5.39.